The van der Waals surface area contributed by atoms with Crippen molar-refractivity contribution in [3.05, 3.63) is 11.6 Å². The van der Waals surface area contributed by atoms with Gasteiger partial charge in [-0.3, -0.25) is 4.79 Å². The van der Waals surface area contributed by atoms with Crippen LogP contribution in [-0.4, -0.2) is 17.5 Å². The maximum Gasteiger partial charge on any atom is 0.148 e. The van der Waals surface area contributed by atoms with Gasteiger partial charge in [0.15, 0.2) is 0 Å². The standard InChI is InChI=1S/C11H18O2/c1-2-9(8-12)11(13)10-6-4-3-5-7-10/h2,8,10-11,13H,3-7H2,1H3/b9-2+. The van der Waals surface area contributed by atoms with Crippen molar-refractivity contribution in [2.45, 2.75) is 45.1 Å². The van der Waals surface area contributed by atoms with E-state index >= 15 is 0 Å². The first-order valence-corrected chi connectivity index (χ1v) is 5.09. The van der Waals surface area contributed by atoms with Crippen molar-refractivity contribution in [3.8, 4) is 0 Å². The van der Waals surface area contributed by atoms with E-state index in [-0.39, 0.29) is 0 Å². The Morgan fingerprint density at radius 1 is 1.38 bits per heavy atom. The zero-order valence-corrected chi connectivity index (χ0v) is 8.20. The summed E-state index contributed by atoms with van der Waals surface area (Å²) in [5, 5.41) is 9.83. The van der Waals surface area contributed by atoms with Gasteiger partial charge in [-0.15, -0.1) is 0 Å². The van der Waals surface area contributed by atoms with Gasteiger partial charge in [-0.05, 0) is 25.7 Å². The SMILES string of the molecule is C/C=C(\C=O)C(O)C1CCCCC1. The van der Waals surface area contributed by atoms with Crippen LogP contribution < -0.4 is 0 Å². The zero-order chi connectivity index (χ0) is 9.68. The molecule has 0 aromatic rings. The smallest absolute Gasteiger partial charge is 0.148 e. The van der Waals surface area contributed by atoms with E-state index in [1.54, 1.807) is 13.0 Å². The van der Waals surface area contributed by atoms with Crippen molar-refractivity contribution in [2.75, 3.05) is 0 Å². The molecule has 0 amide bonds. The fourth-order valence-electron chi connectivity index (χ4n) is 2.03. The Kier molecular flexibility index (Phi) is 4.16. The molecule has 0 bridgehead atoms. The normalized spacial score (nSPS) is 22.8. The highest BCUT2D eigenvalue weighted by Crippen LogP contribution is 2.28. The Morgan fingerprint density at radius 2 is 2.00 bits per heavy atom. The minimum atomic E-state index is -0.525. The summed E-state index contributed by atoms with van der Waals surface area (Å²) < 4.78 is 0. The number of carbonyl (C=O) groups is 1. The molecule has 13 heavy (non-hydrogen) atoms. The number of aldehydes is 1. The molecule has 1 saturated carbocycles. The maximum absolute atomic E-state index is 10.6. The summed E-state index contributed by atoms with van der Waals surface area (Å²) in [4.78, 5) is 10.6. The first-order valence-electron chi connectivity index (χ1n) is 5.09. The average Bonchev–Trinajstić information content (AvgIpc) is 2.21. The van der Waals surface area contributed by atoms with Gasteiger partial charge in [0.1, 0.15) is 6.29 Å². The van der Waals surface area contributed by atoms with Gasteiger partial charge in [0.2, 0.25) is 0 Å². The molecule has 1 N–H and O–H groups in total. The first kappa shape index (κ1) is 10.5. The molecule has 0 radical (unpaired) electrons. The molecule has 2 heteroatoms. The topological polar surface area (TPSA) is 37.3 Å². The van der Waals surface area contributed by atoms with Crippen LogP contribution in [0.15, 0.2) is 11.6 Å². The van der Waals surface area contributed by atoms with Gasteiger partial charge < -0.3 is 5.11 Å². The third-order valence-corrected chi connectivity index (χ3v) is 2.91. The highest BCUT2D eigenvalue weighted by molar-refractivity contribution is 5.74. The maximum atomic E-state index is 10.6. The van der Waals surface area contributed by atoms with E-state index in [2.05, 4.69) is 0 Å². The molecule has 0 aromatic carbocycles. The fourth-order valence-corrected chi connectivity index (χ4v) is 2.03. The van der Waals surface area contributed by atoms with Crippen molar-refractivity contribution in [2.24, 2.45) is 5.92 Å². The zero-order valence-electron chi connectivity index (χ0n) is 8.20. The summed E-state index contributed by atoms with van der Waals surface area (Å²) in [6.07, 6.45) is 7.75. The van der Waals surface area contributed by atoms with E-state index in [0.29, 0.717) is 11.5 Å². The quantitative estimate of drug-likeness (QED) is 0.536. The van der Waals surface area contributed by atoms with Gasteiger partial charge >= 0.3 is 0 Å². The van der Waals surface area contributed by atoms with E-state index < -0.39 is 6.10 Å². The van der Waals surface area contributed by atoms with Crippen molar-refractivity contribution in [1.29, 1.82) is 0 Å². The fraction of sp³-hybridized carbons (Fsp3) is 0.727. The number of carbonyl (C=O) groups excluding carboxylic acids is 1. The van der Waals surface area contributed by atoms with E-state index in [0.717, 1.165) is 19.1 Å². The highest BCUT2D eigenvalue weighted by Gasteiger charge is 2.23. The second kappa shape index (κ2) is 5.18. The van der Waals surface area contributed by atoms with Crippen LogP contribution in [0, 0.1) is 5.92 Å². The van der Waals surface area contributed by atoms with Crippen LogP contribution >= 0.6 is 0 Å². The second-order valence-electron chi connectivity index (χ2n) is 3.75. The summed E-state index contributed by atoms with van der Waals surface area (Å²) in [5.41, 5.74) is 0.548. The van der Waals surface area contributed by atoms with Gasteiger partial charge in [0.05, 0.1) is 6.10 Å². The van der Waals surface area contributed by atoms with E-state index in [1.807, 2.05) is 0 Å². The Bertz CT molecular complexity index is 190. The van der Waals surface area contributed by atoms with Crippen LogP contribution in [0.5, 0.6) is 0 Å². The number of allylic oxidation sites excluding steroid dienone is 1. The molecule has 1 unspecified atom stereocenters. The van der Waals surface area contributed by atoms with Crippen LogP contribution in [0.3, 0.4) is 0 Å². The molecule has 74 valence electrons. The molecule has 1 rings (SSSR count). The molecule has 1 atom stereocenters. The Hall–Kier alpha value is -0.630. The van der Waals surface area contributed by atoms with Crippen molar-refractivity contribution in [1.82, 2.24) is 0 Å². The molecule has 1 aliphatic rings. The first-order chi connectivity index (χ1) is 6.29. The number of aliphatic hydroxyl groups is 1. The van der Waals surface area contributed by atoms with Gasteiger partial charge in [-0.25, -0.2) is 0 Å². The largest absolute Gasteiger partial charge is 0.388 e. The molecular formula is C11H18O2. The van der Waals surface area contributed by atoms with Gasteiger partial charge in [-0.2, -0.15) is 0 Å². The molecule has 1 fully saturated rings. The highest BCUT2D eigenvalue weighted by atomic mass is 16.3. The lowest BCUT2D eigenvalue weighted by molar-refractivity contribution is -0.106. The summed E-state index contributed by atoms with van der Waals surface area (Å²) in [7, 11) is 0. The Labute approximate surface area is 79.6 Å². The lowest BCUT2D eigenvalue weighted by Crippen LogP contribution is -2.25. The molecule has 0 aliphatic heterocycles. The summed E-state index contributed by atoms with van der Waals surface area (Å²) in [5.74, 6) is 0.310. The summed E-state index contributed by atoms with van der Waals surface area (Å²) >= 11 is 0. The average molecular weight is 182 g/mol. The Balaban J connectivity index is 2.53. The number of hydrogen-bond acceptors (Lipinski definition) is 2. The van der Waals surface area contributed by atoms with E-state index in [4.69, 9.17) is 0 Å². The molecule has 2 nitrogen and oxygen atoms in total. The van der Waals surface area contributed by atoms with Crippen LogP contribution in [-0.2, 0) is 4.79 Å². The predicted octanol–water partition coefficient (Wildman–Crippen LogP) is 2.07. The molecule has 1 aliphatic carbocycles. The van der Waals surface area contributed by atoms with Crippen LogP contribution in [0.4, 0.5) is 0 Å². The van der Waals surface area contributed by atoms with E-state index in [9.17, 15) is 9.90 Å². The van der Waals surface area contributed by atoms with Crippen LogP contribution in [0.25, 0.3) is 0 Å². The monoisotopic (exact) mass is 182 g/mol. The van der Waals surface area contributed by atoms with Gasteiger partial charge in [0, 0.05) is 5.57 Å². The Morgan fingerprint density at radius 3 is 2.46 bits per heavy atom. The number of hydrogen-bond donors (Lipinski definition) is 1. The van der Waals surface area contributed by atoms with Crippen LogP contribution in [0.2, 0.25) is 0 Å². The van der Waals surface area contributed by atoms with Gasteiger partial charge in [-0.1, -0.05) is 25.3 Å². The summed E-state index contributed by atoms with van der Waals surface area (Å²) in [6, 6.07) is 0. The number of rotatable bonds is 3. The number of aliphatic hydroxyl groups excluding tert-OH is 1. The molecule has 0 saturated heterocycles. The van der Waals surface area contributed by atoms with E-state index in [1.165, 1.54) is 19.3 Å². The minimum Gasteiger partial charge on any atom is -0.388 e. The van der Waals surface area contributed by atoms with Gasteiger partial charge in [0.25, 0.3) is 0 Å². The predicted molar refractivity (Wildman–Crippen MR) is 52.4 cm³/mol. The molecule has 0 heterocycles. The lowest BCUT2D eigenvalue weighted by atomic mass is 9.83. The molecule has 0 aromatic heterocycles. The minimum absolute atomic E-state index is 0.310. The van der Waals surface area contributed by atoms with Crippen molar-refractivity contribution >= 4 is 6.29 Å². The third kappa shape index (κ3) is 2.66. The van der Waals surface area contributed by atoms with Crippen molar-refractivity contribution in [3.63, 3.8) is 0 Å². The lowest BCUT2D eigenvalue weighted by Gasteiger charge is -2.26. The molecule has 0 spiro atoms. The third-order valence-electron chi connectivity index (χ3n) is 2.91. The summed E-state index contributed by atoms with van der Waals surface area (Å²) in [6.45, 7) is 1.80. The van der Waals surface area contributed by atoms with Crippen molar-refractivity contribution < 1.29 is 9.90 Å². The van der Waals surface area contributed by atoms with Crippen LogP contribution in [0.1, 0.15) is 39.0 Å². The second-order valence-corrected chi connectivity index (χ2v) is 3.75. The molecular weight excluding hydrogens is 164 g/mol.